The fraction of sp³-hybridized carbons (Fsp3) is 0.833. The molecule has 0 aromatic rings. The molecule has 0 saturated heterocycles. The fourth-order valence-corrected chi connectivity index (χ4v) is 1.27. The van der Waals surface area contributed by atoms with E-state index in [2.05, 4.69) is 34.6 Å². The average molecular weight is 168 g/mol. The third-order valence-electron chi connectivity index (χ3n) is 2.05. The smallest absolute Gasteiger partial charge is 0.0354 e. The van der Waals surface area contributed by atoms with Crippen LogP contribution in [0.3, 0.4) is 0 Å². The molecule has 0 heteroatoms. The van der Waals surface area contributed by atoms with E-state index in [9.17, 15) is 0 Å². The van der Waals surface area contributed by atoms with Gasteiger partial charge in [-0.15, -0.1) is 0 Å². The van der Waals surface area contributed by atoms with Gasteiger partial charge in [0.15, 0.2) is 0 Å². The second-order valence-electron chi connectivity index (χ2n) is 4.87. The topological polar surface area (TPSA) is 0 Å². The molecule has 12 heavy (non-hydrogen) atoms. The summed E-state index contributed by atoms with van der Waals surface area (Å²) in [6, 6.07) is 0. The van der Waals surface area contributed by atoms with Crippen molar-refractivity contribution >= 4 is 0 Å². The van der Waals surface area contributed by atoms with Gasteiger partial charge >= 0.3 is 0 Å². The Morgan fingerprint density at radius 2 is 1.75 bits per heavy atom. The van der Waals surface area contributed by atoms with E-state index in [1.54, 1.807) is 0 Å². The molecule has 1 unspecified atom stereocenters. The van der Waals surface area contributed by atoms with Gasteiger partial charge in [-0.3, -0.25) is 0 Å². The Labute approximate surface area is 78.8 Å². The molecule has 0 heterocycles. The summed E-state index contributed by atoms with van der Waals surface area (Å²) in [6.45, 7) is 14.7. The molecular weight excluding hydrogens is 144 g/mol. The summed E-state index contributed by atoms with van der Waals surface area (Å²) in [5.74, 6) is 0.623. The van der Waals surface area contributed by atoms with Crippen LogP contribution < -0.4 is 0 Å². The fourth-order valence-electron chi connectivity index (χ4n) is 1.27. The van der Waals surface area contributed by atoms with Crippen LogP contribution >= 0.6 is 0 Å². The van der Waals surface area contributed by atoms with Crippen molar-refractivity contribution in [3.8, 4) is 0 Å². The summed E-state index contributed by atoms with van der Waals surface area (Å²) < 4.78 is 0. The predicted octanol–water partition coefficient (Wildman–Crippen LogP) is 4.27. The van der Waals surface area contributed by atoms with Crippen molar-refractivity contribution in [1.29, 1.82) is 0 Å². The highest BCUT2D eigenvalue weighted by Crippen LogP contribution is 2.22. The molecule has 0 spiro atoms. The van der Waals surface area contributed by atoms with Crippen molar-refractivity contribution in [2.75, 3.05) is 0 Å². The van der Waals surface area contributed by atoms with Gasteiger partial charge in [-0.1, -0.05) is 53.4 Å². The quantitative estimate of drug-likeness (QED) is 0.520. The van der Waals surface area contributed by atoms with Gasteiger partial charge in [0, 0.05) is 0 Å². The van der Waals surface area contributed by atoms with Gasteiger partial charge in [0.25, 0.3) is 0 Å². The van der Waals surface area contributed by atoms with Crippen molar-refractivity contribution in [3.05, 3.63) is 13.8 Å². The van der Waals surface area contributed by atoms with Crippen LogP contribution in [0.5, 0.6) is 0 Å². The number of rotatable bonds is 6. The first-order valence-corrected chi connectivity index (χ1v) is 5.10. The molecule has 0 saturated carbocycles. The first-order chi connectivity index (χ1) is 5.42. The molecular formula is C12H24. The lowest BCUT2D eigenvalue weighted by Crippen LogP contribution is -2.04. The zero-order valence-corrected chi connectivity index (χ0v) is 9.03. The molecule has 0 bridgehead atoms. The van der Waals surface area contributed by atoms with Gasteiger partial charge in [-0.05, 0) is 24.7 Å². The Hall–Kier alpha value is 0. The first kappa shape index (κ1) is 12.0. The van der Waals surface area contributed by atoms with Gasteiger partial charge in [0.05, 0.1) is 0 Å². The molecule has 1 atom stereocenters. The van der Waals surface area contributed by atoms with Crippen LogP contribution in [0.25, 0.3) is 0 Å². The lowest BCUT2D eigenvalue weighted by atomic mass is 9.89. The Balaban J connectivity index is 3.12. The molecule has 0 amide bonds. The van der Waals surface area contributed by atoms with E-state index in [4.69, 9.17) is 0 Å². The molecule has 0 aromatic carbocycles. The van der Waals surface area contributed by atoms with Crippen molar-refractivity contribution in [2.45, 2.75) is 52.9 Å². The van der Waals surface area contributed by atoms with Crippen molar-refractivity contribution in [1.82, 2.24) is 0 Å². The van der Waals surface area contributed by atoms with Gasteiger partial charge in [-0.2, -0.15) is 0 Å². The van der Waals surface area contributed by atoms with Crippen LogP contribution in [0.4, 0.5) is 0 Å². The molecule has 0 aliphatic carbocycles. The largest absolute Gasteiger partial charge is 0.0625 e. The number of hydrogen-bond acceptors (Lipinski definition) is 0. The molecule has 0 nitrogen and oxygen atoms in total. The van der Waals surface area contributed by atoms with E-state index in [0.29, 0.717) is 5.92 Å². The summed E-state index contributed by atoms with van der Waals surface area (Å²) in [4.78, 5) is 0. The lowest BCUT2D eigenvalue weighted by Gasteiger charge is -2.17. The van der Waals surface area contributed by atoms with E-state index in [-0.39, 0.29) is 5.41 Å². The Morgan fingerprint density at radius 1 is 1.17 bits per heavy atom. The summed E-state index contributed by atoms with van der Waals surface area (Å²) in [5, 5.41) is 0. The Kier molecular flexibility index (Phi) is 5.61. The third kappa shape index (κ3) is 10.0. The molecule has 0 rings (SSSR count). The molecule has 0 aliphatic heterocycles. The van der Waals surface area contributed by atoms with Crippen LogP contribution in [0.1, 0.15) is 52.9 Å². The van der Waals surface area contributed by atoms with Crippen LogP contribution in [-0.2, 0) is 0 Å². The summed E-state index contributed by atoms with van der Waals surface area (Å²) in [7, 11) is 0. The monoisotopic (exact) mass is 168 g/mol. The highest BCUT2D eigenvalue weighted by Gasteiger charge is 2.08. The maximum Gasteiger partial charge on any atom is -0.0354 e. The van der Waals surface area contributed by atoms with E-state index in [1.165, 1.54) is 32.1 Å². The van der Waals surface area contributed by atoms with Gasteiger partial charge in [0.2, 0.25) is 0 Å². The van der Waals surface area contributed by atoms with Gasteiger partial charge < -0.3 is 0 Å². The standard InChI is InChI=1S/C12H24/c1-11(2)9-7-6-8-10-12(3,4)5/h11H,1,3,6-10H2,2,4-5H3. The van der Waals surface area contributed by atoms with Crippen LogP contribution in [0.2, 0.25) is 0 Å². The summed E-state index contributed by atoms with van der Waals surface area (Å²) >= 11 is 0. The normalized spacial score (nSPS) is 12.5. The maximum absolute atomic E-state index is 4.09. The van der Waals surface area contributed by atoms with E-state index in [0.717, 1.165) is 0 Å². The second kappa shape index (κ2) is 5.61. The van der Waals surface area contributed by atoms with Crippen molar-refractivity contribution in [2.24, 2.45) is 11.3 Å². The summed E-state index contributed by atoms with van der Waals surface area (Å²) in [5.41, 5.74) is 0.274. The number of hydrogen-bond donors (Lipinski definition) is 0. The molecule has 2 radical (unpaired) electrons. The highest BCUT2D eigenvalue weighted by molar-refractivity contribution is 4.70. The van der Waals surface area contributed by atoms with E-state index >= 15 is 0 Å². The Morgan fingerprint density at radius 3 is 2.17 bits per heavy atom. The lowest BCUT2D eigenvalue weighted by molar-refractivity contribution is 0.401. The minimum Gasteiger partial charge on any atom is -0.0625 e. The molecule has 0 aliphatic rings. The molecule has 0 aromatic heterocycles. The zero-order chi connectivity index (χ0) is 9.61. The second-order valence-corrected chi connectivity index (χ2v) is 4.87. The summed E-state index contributed by atoms with van der Waals surface area (Å²) in [6.07, 6.45) is 6.53. The Bertz CT molecular complexity index is 95.1. The first-order valence-electron chi connectivity index (χ1n) is 5.10. The van der Waals surface area contributed by atoms with Gasteiger partial charge in [-0.25, -0.2) is 0 Å². The van der Waals surface area contributed by atoms with E-state index in [1.807, 2.05) is 0 Å². The van der Waals surface area contributed by atoms with Crippen LogP contribution in [0, 0.1) is 25.2 Å². The van der Waals surface area contributed by atoms with Crippen molar-refractivity contribution in [3.63, 3.8) is 0 Å². The van der Waals surface area contributed by atoms with Gasteiger partial charge in [0.1, 0.15) is 0 Å². The highest BCUT2D eigenvalue weighted by atomic mass is 14.1. The molecule has 72 valence electrons. The minimum absolute atomic E-state index is 0.274. The SMILES string of the molecule is [CH2]C(C)CCCCCC([CH2])(C)C. The average Bonchev–Trinajstić information content (AvgIpc) is 1.83. The van der Waals surface area contributed by atoms with Crippen LogP contribution in [0.15, 0.2) is 0 Å². The zero-order valence-electron chi connectivity index (χ0n) is 9.03. The van der Waals surface area contributed by atoms with E-state index < -0.39 is 0 Å². The predicted molar refractivity (Wildman–Crippen MR) is 56.7 cm³/mol. The molecule has 0 N–H and O–H groups in total. The van der Waals surface area contributed by atoms with Crippen LogP contribution in [-0.4, -0.2) is 0 Å². The molecule has 0 fully saturated rings. The maximum atomic E-state index is 4.09. The third-order valence-corrected chi connectivity index (χ3v) is 2.05. The number of unbranched alkanes of at least 4 members (excludes halogenated alkanes) is 2. The van der Waals surface area contributed by atoms with Crippen molar-refractivity contribution < 1.29 is 0 Å². The minimum atomic E-state index is 0.274.